The number of carbonyl (C=O) groups excluding carboxylic acids is 1. The highest BCUT2D eigenvalue weighted by molar-refractivity contribution is 5.78. The van der Waals surface area contributed by atoms with Crippen molar-refractivity contribution in [2.45, 2.75) is 51.1 Å². The molecule has 3 nitrogen and oxygen atoms in total. The second-order valence-electron chi connectivity index (χ2n) is 5.44. The van der Waals surface area contributed by atoms with E-state index in [-0.39, 0.29) is 23.8 Å². The second kappa shape index (κ2) is 6.15. The normalized spacial score (nSPS) is 23.1. The Balaban J connectivity index is 1.85. The summed E-state index contributed by atoms with van der Waals surface area (Å²) in [5.41, 5.74) is 7.26. The zero-order valence-corrected chi connectivity index (χ0v) is 11.3. The average Bonchev–Trinajstić information content (AvgIpc) is 2.37. The van der Waals surface area contributed by atoms with E-state index in [1.165, 1.54) is 6.07 Å². The average molecular weight is 264 g/mol. The van der Waals surface area contributed by atoms with Crippen LogP contribution in [0.2, 0.25) is 0 Å². The van der Waals surface area contributed by atoms with Crippen LogP contribution < -0.4 is 11.1 Å². The van der Waals surface area contributed by atoms with Crippen LogP contribution in [0.25, 0.3) is 0 Å². The van der Waals surface area contributed by atoms with Crippen molar-refractivity contribution < 1.29 is 9.18 Å². The Morgan fingerprint density at radius 2 is 2.05 bits per heavy atom. The van der Waals surface area contributed by atoms with Crippen LogP contribution in [0.15, 0.2) is 18.2 Å². The van der Waals surface area contributed by atoms with Crippen molar-refractivity contribution in [3.63, 3.8) is 0 Å². The molecule has 0 radical (unpaired) electrons. The van der Waals surface area contributed by atoms with E-state index in [0.29, 0.717) is 12.0 Å². The highest BCUT2D eigenvalue weighted by Gasteiger charge is 2.19. The van der Waals surface area contributed by atoms with Crippen molar-refractivity contribution in [1.29, 1.82) is 0 Å². The van der Waals surface area contributed by atoms with E-state index in [9.17, 15) is 9.18 Å². The van der Waals surface area contributed by atoms with Gasteiger partial charge in [0.1, 0.15) is 5.82 Å². The van der Waals surface area contributed by atoms with Crippen molar-refractivity contribution in [3.05, 3.63) is 35.1 Å². The smallest absolute Gasteiger partial charge is 0.224 e. The fourth-order valence-electron chi connectivity index (χ4n) is 2.54. The number of amides is 1. The lowest BCUT2D eigenvalue weighted by Gasteiger charge is -2.26. The lowest BCUT2D eigenvalue weighted by atomic mass is 9.91. The van der Waals surface area contributed by atoms with E-state index in [1.807, 2.05) is 0 Å². The Hall–Kier alpha value is -1.42. The van der Waals surface area contributed by atoms with Crippen LogP contribution in [0, 0.1) is 12.7 Å². The fraction of sp³-hybridized carbons (Fsp3) is 0.533. The van der Waals surface area contributed by atoms with Gasteiger partial charge in [-0.2, -0.15) is 0 Å². The molecule has 0 aliphatic heterocycles. The molecule has 0 atom stereocenters. The summed E-state index contributed by atoms with van der Waals surface area (Å²) in [4.78, 5) is 11.9. The summed E-state index contributed by atoms with van der Waals surface area (Å²) >= 11 is 0. The van der Waals surface area contributed by atoms with Gasteiger partial charge in [-0.1, -0.05) is 12.1 Å². The Labute approximate surface area is 113 Å². The lowest BCUT2D eigenvalue weighted by Crippen LogP contribution is -2.41. The quantitative estimate of drug-likeness (QED) is 0.878. The summed E-state index contributed by atoms with van der Waals surface area (Å²) in [6, 6.07) is 5.34. The molecule has 1 aromatic carbocycles. The van der Waals surface area contributed by atoms with Gasteiger partial charge in [0.15, 0.2) is 0 Å². The van der Waals surface area contributed by atoms with Crippen molar-refractivity contribution in [1.82, 2.24) is 5.32 Å². The zero-order valence-electron chi connectivity index (χ0n) is 11.3. The molecule has 1 saturated carbocycles. The van der Waals surface area contributed by atoms with Gasteiger partial charge < -0.3 is 11.1 Å². The van der Waals surface area contributed by atoms with Crippen LogP contribution in [0.4, 0.5) is 4.39 Å². The number of hydrogen-bond donors (Lipinski definition) is 2. The number of benzene rings is 1. The van der Waals surface area contributed by atoms with Gasteiger partial charge in [-0.25, -0.2) is 4.39 Å². The highest BCUT2D eigenvalue weighted by atomic mass is 19.1. The minimum atomic E-state index is -0.231. The predicted octanol–water partition coefficient (Wildman–Crippen LogP) is 2.06. The van der Waals surface area contributed by atoms with Gasteiger partial charge in [0.2, 0.25) is 5.91 Å². The maximum absolute atomic E-state index is 13.1. The van der Waals surface area contributed by atoms with Crippen LogP contribution in [0.1, 0.15) is 36.8 Å². The third kappa shape index (κ3) is 4.03. The number of nitrogens with one attached hydrogen (secondary N) is 1. The molecular weight excluding hydrogens is 243 g/mol. The van der Waals surface area contributed by atoms with E-state index in [4.69, 9.17) is 5.73 Å². The summed E-state index contributed by atoms with van der Waals surface area (Å²) in [6.07, 6.45) is 4.16. The topological polar surface area (TPSA) is 55.1 Å². The summed E-state index contributed by atoms with van der Waals surface area (Å²) < 4.78 is 13.1. The first kappa shape index (κ1) is 14.0. The molecular formula is C15H21FN2O. The van der Waals surface area contributed by atoms with Gasteiger partial charge in [0, 0.05) is 12.1 Å². The highest BCUT2D eigenvalue weighted by Crippen LogP contribution is 2.17. The second-order valence-corrected chi connectivity index (χ2v) is 5.44. The summed E-state index contributed by atoms with van der Waals surface area (Å²) in [5, 5.41) is 3.03. The van der Waals surface area contributed by atoms with Crippen LogP contribution in [-0.4, -0.2) is 18.0 Å². The third-order valence-corrected chi connectivity index (χ3v) is 3.72. The monoisotopic (exact) mass is 264 g/mol. The first-order chi connectivity index (χ1) is 9.04. The van der Waals surface area contributed by atoms with Crippen LogP contribution in [0.3, 0.4) is 0 Å². The molecule has 1 aliphatic carbocycles. The van der Waals surface area contributed by atoms with Crippen molar-refractivity contribution in [3.8, 4) is 0 Å². The van der Waals surface area contributed by atoms with E-state index >= 15 is 0 Å². The molecule has 2 rings (SSSR count). The molecule has 19 heavy (non-hydrogen) atoms. The molecule has 0 spiro atoms. The molecule has 0 saturated heterocycles. The number of carbonyl (C=O) groups is 1. The molecule has 0 aromatic heterocycles. The number of halogens is 1. The summed E-state index contributed by atoms with van der Waals surface area (Å²) in [5.74, 6) is -0.225. The van der Waals surface area contributed by atoms with E-state index in [0.717, 1.165) is 31.2 Å². The third-order valence-electron chi connectivity index (χ3n) is 3.72. The first-order valence-electron chi connectivity index (χ1n) is 6.84. The summed E-state index contributed by atoms with van der Waals surface area (Å²) in [7, 11) is 0. The van der Waals surface area contributed by atoms with Gasteiger partial charge in [0.05, 0.1) is 6.42 Å². The van der Waals surface area contributed by atoms with Crippen molar-refractivity contribution >= 4 is 5.91 Å². The van der Waals surface area contributed by atoms with Gasteiger partial charge in [-0.15, -0.1) is 0 Å². The van der Waals surface area contributed by atoms with E-state index in [2.05, 4.69) is 5.32 Å². The van der Waals surface area contributed by atoms with Gasteiger partial charge in [0.25, 0.3) is 0 Å². The number of aryl methyl sites for hydroxylation is 1. The molecule has 1 aliphatic rings. The molecule has 3 N–H and O–H groups in total. The molecule has 1 fully saturated rings. The SMILES string of the molecule is Cc1cc(CC(=O)NC2CCC(N)CC2)ccc1F. The molecule has 0 bridgehead atoms. The van der Waals surface area contributed by atoms with E-state index < -0.39 is 0 Å². The molecule has 4 heteroatoms. The standard InChI is InChI=1S/C15H21FN2O/c1-10-8-11(2-7-14(10)16)9-15(19)18-13-5-3-12(17)4-6-13/h2,7-8,12-13H,3-6,9,17H2,1H3,(H,18,19). The molecule has 1 amide bonds. The van der Waals surface area contributed by atoms with Crippen LogP contribution in [0.5, 0.6) is 0 Å². The van der Waals surface area contributed by atoms with Gasteiger partial charge in [-0.05, 0) is 49.8 Å². The van der Waals surface area contributed by atoms with Gasteiger partial charge in [-0.3, -0.25) is 4.79 Å². The minimum Gasteiger partial charge on any atom is -0.353 e. The fourth-order valence-corrected chi connectivity index (χ4v) is 2.54. The predicted molar refractivity (Wildman–Crippen MR) is 73.2 cm³/mol. The zero-order chi connectivity index (χ0) is 13.8. The number of nitrogens with two attached hydrogens (primary N) is 1. The maximum Gasteiger partial charge on any atom is 0.224 e. The van der Waals surface area contributed by atoms with Gasteiger partial charge >= 0.3 is 0 Å². The Kier molecular flexibility index (Phi) is 4.53. The summed E-state index contributed by atoms with van der Waals surface area (Å²) in [6.45, 7) is 1.71. The lowest BCUT2D eigenvalue weighted by molar-refractivity contribution is -0.121. The van der Waals surface area contributed by atoms with E-state index in [1.54, 1.807) is 19.1 Å². The Morgan fingerprint density at radius 3 is 2.68 bits per heavy atom. The Bertz CT molecular complexity index is 453. The molecule has 104 valence electrons. The maximum atomic E-state index is 13.1. The molecule has 0 unspecified atom stereocenters. The largest absolute Gasteiger partial charge is 0.353 e. The Morgan fingerprint density at radius 1 is 1.37 bits per heavy atom. The minimum absolute atomic E-state index is 0.00600. The van der Waals surface area contributed by atoms with Crippen molar-refractivity contribution in [2.24, 2.45) is 5.73 Å². The first-order valence-corrected chi connectivity index (χ1v) is 6.84. The molecule has 1 aromatic rings. The number of rotatable bonds is 3. The van der Waals surface area contributed by atoms with Crippen molar-refractivity contribution in [2.75, 3.05) is 0 Å². The van der Waals surface area contributed by atoms with Crippen LogP contribution in [-0.2, 0) is 11.2 Å². The van der Waals surface area contributed by atoms with Crippen LogP contribution >= 0.6 is 0 Å². The molecule has 0 heterocycles. The number of hydrogen-bond acceptors (Lipinski definition) is 2.